The molecule has 2 rings (SSSR count). The third kappa shape index (κ3) is 2.97. The summed E-state index contributed by atoms with van der Waals surface area (Å²) in [6, 6.07) is 6.99. The normalized spacial score (nSPS) is 33.4. The first-order chi connectivity index (χ1) is 8.08. The van der Waals surface area contributed by atoms with Gasteiger partial charge >= 0.3 is 0 Å². The Labute approximate surface area is 107 Å². The van der Waals surface area contributed by atoms with Gasteiger partial charge < -0.3 is 24.8 Å². The first-order valence-corrected chi connectivity index (χ1v) is 5.95. The van der Waals surface area contributed by atoms with E-state index >= 15 is 0 Å². The van der Waals surface area contributed by atoms with Crippen LogP contribution in [0.5, 0.6) is 5.75 Å². The van der Waals surface area contributed by atoms with Crippen molar-refractivity contribution in [3.63, 3.8) is 0 Å². The Morgan fingerprint density at radius 3 is 2.41 bits per heavy atom. The van der Waals surface area contributed by atoms with Crippen molar-refractivity contribution in [2.75, 3.05) is 6.61 Å². The summed E-state index contributed by atoms with van der Waals surface area (Å²) < 4.78 is 11.4. The molecule has 0 amide bonds. The van der Waals surface area contributed by atoms with E-state index < -0.39 is 24.6 Å². The van der Waals surface area contributed by atoms with Gasteiger partial charge in [-0.05, 0) is 24.3 Å². The molecule has 1 aliphatic heterocycles. The van der Waals surface area contributed by atoms with E-state index in [0.29, 0.717) is 5.75 Å². The third-order valence-corrected chi connectivity index (χ3v) is 3.05. The summed E-state index contributed by atoms with van der Waals surface area (Å²) in [5, 5.41) is 28.4. The van der Waals surface area contributed by atoms with Crippen molar-refractivity contribution in [3.8, 4) is 5.75 Å². The van der Waals surface area contributed by atoms with Crippen LogP contribution >= 0.6 is 15.9 Å². The van der Waals surface area contributed by atoms with Crippen molar-refractivity contribution in [3.05, 3.63) is 28.7 Å². The van der Waals surface area contributed by atoms with Crippen LogP contribution in [-0.2, 0) is 4.74 Å². The fraction of sp³-hybridized carbons (Fsp3) is 0.455. The van der Waals surface area contributed by atoms with E-state index in [1.807, 2.05) is 0 Å². The molecule has 1 aromatic carbocycles. The number of benzene rings is 1. The average Bonchev–Trinajstić information content (AvgIpc) is 2.33. The maximum Gasteiger partial charge on any atom is 0.228 e. The Morgan fingerprint density at radius 2 is 1.76 bits per heavy atom. The summed E-state index contributed by atoms with van der Waals surface area (Å²) >= 11 is 3.29. The molecule has 0 bridgehead atoms. The molecule has 1 aliphatic rings. The van der Waals surface area contributed by atoms with E-state index in [-0.39, 0.29) is 6.61 Å². The van der Waals surface area contributed by atoms with Gasteiger partial charge in [-0.25, -0.2) is 0 Å². The molecule has 0 radical (unpaired) electrons. The first-order valence-electron chi connectivity index (χ1n) is 5.16. The van der Waals surface area contributed by atoms with Crippen LogP contribution in [0.15, 0.2) is 28.7 Å². The minimum absolute atomic E-state index is 0.0700. The number of halogens is 1. The molecule has 1 heterocycles. The smallest absolute Gasteiger partial charge is 0.228 e. The lowest BCUT2D eigenvalue weighted by Gasteiger charge is -2.34. The molecule has 1 unspecified atom stereocenters. The average molecular weight is 305 g/mol. The largest absolute Gasteiger partial charge is 0.462 e. The number of aliphatic hydroxyl groups is 3. The highest BCUT2D eigenvalue weighted by atomic mass is 79.9. The van der Waals surface area contributed by atoms with Crippen LogP contribution < -0.4 is 4.74 Å². The van der Waals surface area contributed by atoms with Crippen LogP contribution in [0.3, 0.4) is 0 Å². The third-order valence-electron chi connectivity index (χ3n) is 2.52. The Bertz CT molecular complexity index is 369. The number of rotatable bonds is 2. The van der Waals surface area contributed by atoms with Gasteiger partial charge in [0.15, 0.2) is 0 Å². The lowest BCUT2D eigenvalue weighted by molar-refractivity contribution is -0.242. The molecule has 1 fully saturated rings. The summed E-state index contributed by atoms with van der Waals surface area (Å²) in [7, 11) is 0. The SMILES string of the molecule is OC1[C@H](Oc2ccc(Br)cc2)OC[C@H](O)[C@@H]1O. The van der Waals surface area contributed by atoms with Crippen molar-refractivity contribution in [1.29, 1.82) is 0 Å². The van der Waals surface area contributed by atoms with E-state index in [1.54, 1.807) is 24.3 Å². The van der Waals surface area contributed by atoms with Gasteiger partial charge in [0.2, 0.25) is 6.29 Å². The lowest BCUT2D eigenvalue weighted by atomic mass is 10.1. The molecular formula is C11H13BrO5. The monoisotopic (exact) mass is 304 g/mol. The molecule has 1 saturated heterocycles. The van der Waals surface area contributed by atoms with Crippen LogP contribution in [0.2, 0.25) is 0 Å². The molecule has 0 saturated carbocycles. The zero-order valence-corrected chi connectivity index (χ0v) is 10.4. The molecule has 94 valence electrons. The Kier molecular flexibility index (Phi) is 4.01. The van der Waals surface area contributed by atoms with Crippen LogP contribution in [-0.4, -0.2) is 46.5 Å². The van der Waals surface area contributed by atoms with Crippen molar-refractivity contribution in [2.45, 2.75) is 24.6 Å². The maximum atomic E-state index is 9.65. The Balaban J connectivity index is 2.01. The second kappa shape index (κ2) is 5.32. The molecule has 0 spiro atoms. The van der Waals surface area contributed by atoms with Crippen LogP contribution in [0.25, 0.3) is 0 Å². The first kappa shape index (κ1) is 12.8. The summed E-state index contributed by atoms with van der Waals surface area (Å²) in [6.07, 6.45) is -4.60. The highest BCUT2D eigenvalue weighted by molar-refractivity contribution is 9.10. The highest BCUT2D eigenvalue weighted by Crippen LogP contribution is 2.22. The topological polar surface area (TPSA) is 79.2 Å². The van der Waals surface area contributed by atoms with Gasteiger partial charge in [0, 0.05) is 4.47 Å². The quantitative estimate of drug-likeness (QED) is 0.731. The Morgan fingerprint density at radius 1 is 1.12 bits per heavy atom. The standard InChI is InChI=1S/C11H13BrO5/c12-6-1-3-7(4-2-6)17-11-10(15)9(14)8(13)5-16-11/h1-4,8-11,13-15H,5H2/t8-,9-,10?,11-/m0/s1. The van der Waals surface area contributed by atoms with Gasteiger partial charge in [-0.1, -0.05) is 15.9 Å². The van der Waals surface area contributed by atoms with Crippen LogP contribution in [0.4, 0.5) is 0 Å². The van der Waals surface area contributed by atoms with E-state index in [1.165, 1.54) is 0 Å². The van der Waals surface area contributed by atoms with Gasteiger partial charge in [-0.15, -0.1) is 0 Å². The summed E-state index contributed by atoms with van der Waals surface area (Å²) in [5.41, 5.74) is 0. The Hall–Kier alpha value is -0.660. The predicted octanol–water partition coefficient (Wildman–Crippen LogP) is 0.267. The zero-order chi connectivity index (χ0) is 12.4. The van der Waals surface area contributed by atoms with Crippen LogP contribution in [0.1, 0.15) is 0 Å². The van der Waals surface area contributed by atoms with Gasteiger partial charge in [-0.3, -0.25) is 0 Å². The second-order valence-corrected chi connectivity index (χ2v) is 4.74. The highest BCUT2D eigenvalue weighted by Gasteiger charge is 2.38. The number of hydrogen-bond acceptors (Lipinski definition) is 5. The summed E-state index contributed by atoms with van der Waals surface area (Å²) in [6.45, 7) is -0.0700. The molecule has 5 nitrogen and oxygen atoms in total. The van der Waals surface area contributed by atoms with Crippen molar-refractivity contribution in [1.82, 2.24) is 0 Å². The van der Waals surface area contributed by atoms with Gasteiger partial charge in [0.05, 0.1) is 6.61 Å². The molecule has 0 aromatic heterocycles. The molecule has 1 aromatic rings. The van der Waals surface area contributed by atoms with E-state index in [9.17, 15) is 15.3 Å². The van der Waals surface area contributed by atoms with E-state index in [2.05, 4.69) is 15.9 Å². The molecule has 6 heteroatoms. The molecule has 0 aliphatic carbocycles. The molecule has 17 heavy (non-hydrogen) atoms. The van der Waals surface area contributed by atoms with Gasteiger partial charge in [-0.2, -0.15) is 0 Å². The van der Waals surface area contributed by atoms with E-state index in [0.717, 1.165) is 4.47 Å². The van der Waals surface area contributed by atoms with Gasteiger partial charge in [0.25, 0.3) is 0 Å². The fourth-order valence-corrected chi connectivity index (χ4v) is 1.79. The van der Waals surface area contributed by atoms with Gasteiger partial charge in [0.1, 0.15) is 24.1 Å². The summed E-state index contributed by atoms with van der Waals surface area (Å²) in [5.74, 6) is 0.515. The predicted molar refractivity (Wildman–Crippen MR) is 62.5 cm³/mol. The number of hydrogen-bond donors (Lipinski definition) is 3. The molecule has 4 atom stereocenters. The second-order valence-electron chi connectivity index (χ2n) is 3.82. The minimum Gasteiger partial charge on any atom is -0.462 e. The van der Waals surface area contributed by atoms with Crippen molar-refractivity contribution < 1.29 is 24.8 Å². The maximum absolute atomic E-state index is 9.65. The molecule has 3 N–H and O–H groups in total. The minimum atomic E-state index is -1.28. The number of aliphatic hydroxyl groups excluding tert-OH is 3. The zero-order valence-electron chi connectivity index (χ0n) is 8.86. The molecular weight excluding hydrogens is 292 g/mol. The summed E-state index contributed by atoms with van der Waals surface area (Å²) in [4.78, 5) is 0. The van der Waals surface area contributed by atoms with Crippen molar-refractivity contribution >= 4 is 15.9 Å². The number of ether oxygens (including phenoxy) is 2. The fourth-order valence-electron chi connectivity index (χ4n) is 1.53. The van der Waals surface area contributed by atoms with E-state index in [4.69, 9.17) is 9.47 Å². The lowest BCUT2D eigenvalue weighted by Crippen LogP contribution is -2.54. The van der Waals surface area contributed by atoms with Crippen molar-refractivity contribution in [2.24, 2.45) is 0 Å². The van der Waals surface area contributed by atoms with Crippen LogP contribution in [0, 0.1) is 0 Å².